The van der Waals surface area contributed by atoms with Crippen molar-refractivity contribution in [2.75, 3.05) is 32.2 Å². The minimum Gasteiger partial charge on any atom is -0.385 e. The minimum atomic E-state index is -0.103. The molecule has 0 aliphatic heterocycles. The van der Waals surface area contributed by atoms with Gasteiger partial charge in [-0.2, -0.15) is 0 Å². The van der Waals surface area contributed by atoms with Crippen LogP contribution in [-0.2, 0) is 4.74 Å². The van der Waals surface area contributed by atoms with Crippen LogP contribution in [0.3, 0.4) is 0 Å². The van der Waals surface area contributed by atoms with Gasteiger partial charge in [0.15, 0.2) is 0 Å². The third-order valence-corrected chi connectivity index (χ3v) is 2.80. The van der Waals surface area contributed by atoms with Crippen LogP contribution in [-0.4, -0.2) is 37.3 Å². The van der Waals surface area contributed by atoms with Crippen molar-refractivity contribution in [1.29, 1.82) is 0 Å². The van der Waals surface area contributed by atoms with Gasteiger partial charge >= 0.3 is 0 Å². The standard InChI is InChI=1S/C13H17N3O2/c1-16(8-5-9-18-2)13-14-11-7-4-3-6-10(11)12(17)15-13/h3-4,6-7H,5,8-9H2,1-2H3,(H,14,15,17). The smallest absolute Gasteiger partial charge is 0.260 e. The Morgan fingerprint density at radius 3 is 2.94 bits per heavy atom. The predicted octanol–water partition coefficient (Wildman–Crippen LogP) is 1.40. The largest absolute Gasteiger partial charge is 0.385 e. The minimum absolute atomic E-state index is 0.103. The van der Waals surface area contributed by atoms with E-state index in [0.29, 0.717) is 17.9 Å². The number of nitrogens with zero attached hydrogens (tertiary/aromatic N) is 2. The summed E-state index contributed by atoms with van der Waals surface area (Å²) in [4.78, 5) is 21.1. The van der Waals surface area contributed by atoms with Gasteiger partial charge in [-0.1, -0.05) is 12.1 Å². The summed E-state index contributed by atoms with van der Waals surface area (Å²) in [5, 5.41) is 0.617. The summed E-state index contributed by atoms with van der Waals surface area (Å²) in [6, 6.07) is 7.33. The Hall–Kier alpha value is -1.88. The number of para-hydroxylation sites is 1. The molecule has 2 rings (SSSR count). The number of aromatic nitrogens is 2. The average Bonchev–Trinajstić information content (AvgIpc) is 2.39. The number of aromatic amines is 1. The number of rotatable bonds is 5. The lowest BCUT2D eigenvalue weighted by molar-refractivity contribution is 0.196. The molecule has 5 heteroatoms. The van der Waals surface area contributed by atoms with E-state index in [-0.39, 0.29) is 5.56 Å². The van der Waals surface area contributed by atoms with Crippen LogP contribution in [0, 0.1) is 0 Å². The zero-order chi connectivity index (χ0) is 13.0. The fourth-order valence-corrected chi connectivity index (χ4v) is 1.81. The summed E-state index contributed by atoms with van der Waals surface area (Å²) in [6.45, 7) is 1.48. The van der Waals surface area contributed by atoms with E-state index in [1.807, 2.05) is 30.1 Å². The normalized spacial score (nSPS) is 10.8. The van der Waals surface area contributed by atoms with Crippen LogP contribution in [0.25, 0.3) is 10.9 Å². The van der Waals surface area contributed by atoms with E-state index in [0.717, 1.165) is 18.5 Å². The summed E-state index contributed by atoms with van der Waals surface area (Å²) in [6.07, 6.45) is 0.892. The summed E-state index contributed by atoms with van der Waals surface area (Å²) in [5.74, 6) is 0.592. The zero-order valence-electron chi connectivity index (χ0n) is 10.6. The van der Waals surface area contributed by atoms with Crippen molar-refractivity contribution in [2.45, 2.75) is 6.42 Å². The van der Waals surface area contributed by atoms with Crippen LogP contribution in [0.5, 0.6) is 0 Å². The van der Waals surface area contributed by atoms with Gasteiger partial charge in [-0.25, -0.2) is 4.98 Å². The van der Waals surface area contributed by atoms with Crippen LogP contribution >= 0.6 is 0 Å². The quantitative estimate of drug-likeness (QED) is 0.811. The maximum atomic E-state index is 11.9. The Kier molecular flexibility index (Phi) is 3.94. The van der Waals surface area contributed by atoms with E-state index in [1.165, 1.54) is 0 Å². The Bertz CT molecular complexity index is 580. The Morgan fingerprint density at radius 1 is 1.39 bits per heavy atom. The maximum Gasteiger partial charge on any atom is 0.260 e. The molecule has 5 nitrogen and oxygen atoms in total. The number of methoxy groups -OCH3 is 1. The van der Waals surface area contributed by atoms with Gasteiger partial charge in [-0.15, -0.1) is 0 Å². The molecule has 0 saturated carbocycles. The average molecular weight is 247 g/mol. The van der Waals surface area contributed by atoms with Gasteiger partial charge in [-0.05, 0) is 18.6 Å². The molecule has 1 aromatic carbocycles. The van der Waals surface area contributed by atoms with Gasteiger partial charge < -0.3 is 9.64 Å². The Morgan fingerprint density at radius 2 is 2.17 bits per heavy atom. The topological polar surface area (TPSA) is 58.2 Å². The highest BCUT2D eigenvalue weighted by molar-refractivity contribution is 5.78. The number of benzene rings is 1. The van der Waals surface area contributed by atoms with E-state index in [1.54, 1.807) is 13.2 Å². The molecule has 0 aliphatic carbocycles. The zero-order valence-corrected chi connectivity index (χ0v) is 10.6. The lowest BCUT2D eigenvalue weighted by Crippen LogP contribution is -2.25. The van der Waals surface area contributed by atoms with E-state index < -0.39 is 0 Å². The van der Waals surface area contributed by atoms with Crippen LogP contribution in [0.2, 0.25) is 0 Å². The van der Waals surface area contributed by atoms with E-state index in [4.69, 9.17) is 4.74 Å². The predicted molar refractivity (Wildman–Crippen MR) is 72.1 cm³/mol. The molecule has 0 bridgehead atoms. The van der Waals surface area contributed by atoms with E-state index in [9.17, 15) is 4.79 Å². The second-order valence-electron chi connectivity index (χ2n) is 4.17. The third kappa shape index (κ3) is 2.68. The molecule has 0 saturated heterocycles. The first-order chi connectivity index (χ1) is 8.72. The Labute approximate surface area is 105 Å². The second kappa shape index (κ2) is 5.64. The van der Waals surface area contributed by atoms with Crippen molar-refractivity contribution in [3.05, 3.63) is 34.6 Å². The molecule has 1 aromatic heterocycles. The number of anilines is 1. The molecular weight excluding hydrogens is 230 g/mol. The molecule has 0 spiro atoms. The van der Waals surface area contributed by atoms with Crippen molar-refractivity contribution in [1.82, 2.24) is 9.97 Å². The molecule has 1 N–H and O–H groups in total. The molecule has 96 valence electrons. The fourth-order valence-electron chi connectivity index (χ4n) is 1.81. The second-order valence-corrected chi connectivity index (χ2v) is 4.17. The first-order valence-electron chi connectivity index (χ1n) is 5.91. The van der Waals surface area contributed by atoms with Crippen molar-refractivity contribution in [3.63, 3.8) is 0 Å². The molecular formula is C13H17N3O2. The molecule has 2 aromatic rings. The van der Waals surface area contributed by atoms with Gasteiger partial charge in [0.1, 0.15) is 0 Å². The van der Waals surface area contributed by atoms with Crippen molar-refractivity contribution < 1.29 is 4.74 Å². The Balaban J connectivity index is 2.26. The molecule has 0 fully saturated rings. The highest BCUT2D eigenvalue weighted by Gasteiger charge is 2.06. The van der Waals surface area contributed by atoms with Crippen molar-refractivity contribution >= 4 is 16.9 Å². The first-order valence-corrected chi connectivity index (χ1v) is 5.91. The summed E-state index contributed by atoms with van der Waals surface area (Å²) >= 11 is 0. The van der Waals surface area contributed by atoms with Gasteiger partial charge in [0.2, 0.25) is 5.95 Å². The van der Waals surface area contributed by atoms with Crippen LogP contribution < -0.4 is 10.5 Å². The molecule has 0 unspecified atom stereocenters. The van der Waals surface area contributed by atoms with Crippen LogP contribution in [0.4, 0.5) is 5.95 Å². The van der Waals surface area contributed by atoms with Crippen molar-refractivity contribution in [2.24, 2.45) is 0 Å². The SMILES string of the molecule is COCCCN(C)c1nc2ccccc2c(=O)[nH]1. The highest BCUT2D eigenvalue weighted by atomic mass is 16.5. The summed E-state index contributed by atoms with van der Waals surface area (Å²) in [5.41, 5.74) is 0.615. The molecule has 0 atom stereocenters. The van der Waals surface area contributed by atoms with Crippen LogP contribution in [0.1, 0.15) is 6.42 Å². The van der Waals surface area contributed by atoms with Gasteiger partial charge in [-0.3, -0.25) is 9.78 Å². The summed E-state index contributed by atoms with van der Waals surface area (Å²) < 4.78 is 5.00. The van der Waals surface area contributed by atoms with Gasteiger partial charge in [0.25, 0.3) is 5.56 Å². The molecule has 0 aliphatic rings. The van der Waals surface area contributed by atoms with E-state index >= 15 is 0 Å². The van der Waals surface area contributed by atoms with Gasteiger partial charge in [0, 0.05) is 27.3 Å². The molecule has 1 heterocycles. The number of hydrogen-bond donors (Lipinski definition) is 1. The number of H-pyrrole nitrogens is 1. The van der Waals surface area contributed by atoms with Crippen molar-refractivity contribution in [3.8, 4) is 0 Å². The third-order valence-electron chi connectivity index (χ3n) is 2.80. The number of nitrogens with one attached hydrogen (secondary N) is 1. The molecule has 0 amide bonds. The first kappa shape index (κ1) is 12.6. The monoisotopic (exact) mass is 247 g/mol. The number of hydrogen-bond acceptors (Lipinski definition) is 4. The number of ether oxygens (including phenoxy) is 1. The lowest BCUT2D eigenvalue weighted by Gasteiger charge is -2.17. The number of fused-ring (bicyclic) bond motifs is 1. The highest BCUT2D eigenvalue weighted by Crippen LogP contribution is 2.10. The molecule has 0 radical (unpaired) electrons. The lowest BCUT2D eigenvalue weighted by atomic mass is 10.2. The van der Waals surface area contributed by atoms with Gasteiger partial charge in [0.05, 0.1) is 10.9 Å². The van der Waals surface area contributed by atoms with Crippen LogP contribution in [0.15, 0.2) is 29.1 Å². The summed E-state index contributed by atoms with van der Waals surface area (Å²) in [7, 11) is 3.58. The maximum absolute atomic E-state index is 11.9. The van der Waals surface area contributed by atoms with E-state index in [2.05, 4.69) is 9.97 Å². The fraction of sp³-hybridized carbons (Fsp3) is 0.385. The molecule has 18 heavy (non-hydrogen) atoms.